The zero-order valence-electron chi connectivity index (χ0n) is 13.3. The van der Waals surface area contributed by atoms with Crippen LogP contribution in [0.4, 0.5) is 14.5 Å². The summed E-state index contributed by atoms with van der Waals surface area (Å²) in [6.07, 6.45) is -0.489. The monoisotopic (exact) mass is 366 g/mol. The molecule has 3 rings (SSSR count). The van der Waals surface area contributed by atoms with Crippen LogP contribution < -0.4 is 10.2 Å². The van der Waals surface area contributed by atoms with Gasteiger partial charge in [0.1, 0.15) is 11.6 Å². The number of benzene rings is 2. The standard InChI is InChI=1S/C18H17ClF2N2O2/c19-12-6-5-11(9-14(12)21)17(24)10-22-15-7-8-23(18(15)25)16-4-2-1-3-13(16)20/h1-6,9,15,17,22,24H,7-8,10H2. The maximum Gasteiger partial charge on any atom is 0.244 e. The molecular weight excluding hydrogens is 350 g/mol. The minimum absolute atomic E-state index is 0.0181. The Kier molecular flexibility index (Phi) is 5.32. The Bertz CT molecular complexity index is 787. The van der Waals surface area contributed by atoms with Gasteiger partial charge < -0.3 is 15.3 Å². The fourth-order valence-corrected chi connectivity index (χ4v) is 2.99. The van der Waals surface area contributed by atoms with Crippen LogP contribution in [0.3, 0.4) is 0 Å². The van der Waals surface area contributed by atoms with Gasteiger partial charge in [-0.25, -0.2) is 8.78 Å². The quantitative estimate of drug-likeness (QED) is 0.855. The molecule has 25 heavy (non-hydrogen) atoms. The molecule has 1 heterocycles. The van der Waals surface area contributed by atoms with Gasteiger partial charge in [0.25, 0.3) is 0 Å². The van der Waals surface area contributed by atoms with Gasteiger partial charge in [-0.3, -0.25) is 4.79 Å². The molecule has 0 aliphatic carbocycles. The number of aliphatic hydroxyl groups excluding tert-OH is 1. The molecule has 2 unspecified atom stereocenters. The van der Waals surface area contributed by atoms with Crippen LogP contribution in [0.1, 0.15) is 18.1 Å². The van der Waals surface area contributed by atoms with E-state index in [2.05, 4.69) is 5.32 Å². The van der Waals surface area contributed by atoms with Gasteiger partial charge in [0.05, 0.1) is 22.9 Å². The number of hydrogen-bond donors (Lipinski definition) is 2. The number of hydrogen-bond acceptors (Lipinski definition) is 3. The molecule has 0 bridgehead atoms. The zero-order chi connectivity index (χ0) is 18.0. The molecule has 7 heteroatoms. The first-order valence-electron chi connectivity index (χ1n) is 7.89. The van der Waals surface area contributed by atoms with Gasteiger partial charge in [-0.05, 0) is 36.2 Å². The highest BCUT2D eigenvalue weighted by molar-refractivity contribution is 6.30. The average molecular weight is 367 g/mol. The number of rotatable bonds is 5. The zero-order valence-corrected chi connectivity index (χ0v) is 14.0. The predicted molar refractivity (Wildman–Crippen MR) is 91.5 cm³/mol. The summed E-state index contributed by atoms with van der Waals surface area (Å²) < 4.78 is 27.3. The molecule has 1 saturated heterocycles. The fourth-order valence-electron chi connectivity index (χ4n) is 2.87. The third-order valence-electron chi connectivity index (χ3n) is 4.23. The molecule has 4 nitrogen and oxygen atoms in total. The molecule has 0 spiro atoms. The molecule has 0 radical (unpaired) electrons. The normalized spacial score (nSPS) is 18.6. The number of aliphatic hydroxyl groups is 1. The number of para-hydroxylation sites is 1. The average Bonchev–Trinajstić information content (AvgIpc) is 2.96. The molecule has 1 aliphatic heterocycles. The van der Waals surface area contributed by atoms with Crippen molar-refractivity contribution in [2.24, 2.45) is 0 Å². The lowest BCUT2D eigenvalue weighted by Crippen LogP contribution is -2.40. The summed E-state index contributed by atoms with van der Waals surface area (Å²) in [5, 5.41) is 13.1. The van der Waals surface area contributed by atoms with E-state index >= 15 is 0 Å². The van der Waals surface area contributed by atoms with Crippen LogP contribution in [0, 0.1) is 11.6 Å². The smallest absolute Gasteiger partial charge is 0.244 e. The highest BCUT2D eigenvalue weighted by Gasteiger charge is 2.33. The maximum absolute atomic E-state index is 13.8. The number of nitrogens with zero attached hydrogens (tertiary/aromatic N) is 1. The molecule has 2 N–H and O–H groups in total. The number of nitrogens with one attached hydrogen (secondary N) is 1. The summed E-state index contributed by atoms with van der Waals surface area (Å²) in [5.41, 5.74) is 0.614. The van der Waals surface area contributed by atoms with E-state index in [1.165, 1.54) is 23.1 Å². The van der Waals surface area contributed by atoms with E-state index in [1.54, 1.807) is 18.2 Å². The fraction of sp³-hybridized carbons (Fsp3) is 0.278. The van der Waals surface area contributed by atoms with Crippen LogP contribution in [0.5, 0.6) is 0 Å². The molecule has 132 valence electrons. The number of anilines is 1. The highest BCUT2D eigenvalue weighted by Crippen LogP contribution is 2.25. The minimum atomic E-state index is -0.984. The number of amides is 1. The van der Waals surface area contributed by atoms with Gasteiger partial charge in [-0.15, -0.1) is 0 Å². The summed E-state index contributed by atoms with van der Waals surface area (Å²) >= 11 is 5.62. The van der Waals surface area contributed by atoms with E-state index < -0.39 is 23.8 Å². The second kappa shape index (κ2) is 7.47. The van der Waals surface area contributed by atoms with Gasteiger partial charge in [0.2, 0.25) is 5.91 Å². The molecular formula is C18H17ClF2N2O2. The van der Waals surface area contributed by atoms with Gasteiger partial charge in [0.15, 0.2) is 0 Å². The summed E-state index contributed by atoms with van der Waals surface area (Å²) in [6, 6.07) is 9.64. The summed E-state index contributed by atoms with van der Waals surface area (Å²) in [6.45, 7) is 0.464. The first kappa shape index (κ1) is 17.8. The second-order valence-corrected chi connectivity index (χ2v) is 6.29. The van der Waals surface area contributed by atoms with Gasteiger partial charge >= 0.3 is 0 Å². The Labute approximate surface area is 149 Å². The molecule has 1 amide bonds. The van der Waals surface area contributed by atoms with E-state index in [9.17, 15) is 18.7 Å². The number of carbonyl (C=O) groups is 1. The summed E-state index contributed by atoms with van der Waals surface area (Å²) in [5.74, 6) is -1.31. The van der Waals surface area contributed by atoms with Crippen LogP contribution in [0.25, 0.3) is 0 Å². The SMILES string of the molecule is O=C1C(NCC(O)c2ccc(Cl)c(F)c2)CCN1c1ccccc1F. The van der Waals surface area contributed by atoms with E-state index in [-0.39, 0.29) is 23.2 Å². The van der Waals surface area contributed by atoms with E-state index in [0.29, 0.717) is 18.5 Å². The Morgan fingerprint density at radius 2 is 2.00 bits per heavy atom. The molecule has 1 fully saturated rings. The number of carbonyl (C=O) groups excluding carboxylic acids is 1. The third-order valence-corrected chi connectivity index (χ3v) is 4.54. The van der Waals surface area contributed by atoms with Crippen LogP contribution in [0.15, 0.2) is 42.5 Å². The van der Waals surface area contributed by atoms with Crippen LogP contribution >= 0.6 is 11.6 Å². The molecule has 2 aromatic rings. The topological polar surface area (TPSA) is 52.6 Å². The largest absolute Gasteiger partial charge is 0.387 e. The van der Waals surface area contributed by atoms with Crippen molar-refractivity contribution in [3.8, 4) is 0 Å². The molecule has 2 aromatic carbocycles. The maximum atomic E-state index is 13.8. The first-order chi connectivity index (χ1) is 12.0. The van der Waals surface area contributed by atoms with E-state index in [0.717, 1.165) is 6.07 Å². The van der Waals surface area contributed by atoms with Gasteiger partial charge in [-0.1, -0.05) is 29.8 Å². The first-order valence-corrected chi connectivity index (χ1v) is 8.27. The predicted octanol–water partition coefficient (Wildman–Crippen LogP) is 3.05. The Morgan fingerprint density at radius 3 is 2.72 bits per heavy atom. The van der Waals surface area contributed by atoms with Crippen molar-refractivity contribution < 1.29 is 18.7 Å². The Balaban J connectivity index is 1.61. The summed E-state index contributed by atoms with van der Waals surface area (Å²) in [4.78, 5) is 13.8. The van der Waals surface area contributed by atoms with Crippen LogP contribution in [-0.2, 0) is 4.79 Å². The lowest BCUT2D eigenvalue weighted by molar-refractivity contribution is -0.118. The van der Waals surface area contributed by atoms with Crippen LogP contribution in [0.2, 0.25) is 5.02 Å². The number of halogens is 3. The van der Waals surface area contributed by atoms with Crippen molar-refractivity contribution in [3.05, 3.63) is 64.7 Å². The molecule has 2 atom stereocenters. The van der Waals surface area contributed by atoms with Gasteiger partial charge in [0, 0.05) is 13.1 Å². The Hall–Kier alpha value is -2.02. The van der Waals surface area contributed by atoms with E-state index in [4.69, 9.17) is 11.6 Å². The highest BCUT2D eigenvalue weighted by atomic mass is 35.5. The second-order valence-electron chi connectivity index (χ2n) is 5.88. The lowest BCUT2D eigenvalue weighted by atomic mass is 10.1. The minimum Gasteiger partial charge on any atom is -0.387 e. The third kappa shape index (κ3) is 3.81. The van der Waals surface area contributed by atoms with Crippen molar-refractivity contribution in [1.29, 1.82) is 0 Å². The van der Waals surface area contributed by atoms with Crippen molar-refractivity contribution in [3.63, 3.8) is 0 Å². The van der Waals surface area contributed by atoms with Crippen molar-refractivity contribution in [1.82, 2.24) is 5.32 Å². The van der Waals surface area contributed by atoms with Crippen LogP contribution in [-0.4, -0.2) is 30.1 Å². The molecule has 1 aliphatic rings. The van der Waals surface area contributed by atoms with Crippen molar-refractivity contribution in [2.45, 2.75) is 18.6 Å². The van der Waals surface area contributed by atoms with Crippen molar-refractivity contribution in [2.75, 3.05) is 18.0 Å². The molecule has 0 aromatic heterocycles. The lowest BCUT2D eigenvalue weighted by Gasteiger charge is -2.19. The van der Waals surface area contributed by atoms with Crippen molar-refractivity contribution >= 4 is 23.2 Å². The summed E-state index contributed by atoms with van der Waals surface area (Å²) in [7, 11) is 0. The Morgan fingerprint density at radius 1 is 1.24 bits per heavy atom. The van der Waals surface area contributed by atoms with E-state index in [1.807, 2.05) is 0 Å². The molecule has 0 saturated carbocycles. The van der Waals surface area contributed by atoms with Gasteiger partial charge in [-0.2, -0.15) is 0 Å².